The van der Waals surface area contributed by atoms with Gasteiger partial charge in [0.15, 0.2) is 16.7 Å². The Hall–Kier alpha value is -3.53. The number of anilines is 1. The van der Waals surface area contributed by atoms with Gasteiger partial charge in [-0.1, -0.05) is 11.8 Å². The summed E-state index contributed by atoms with van der Waals surface area (Å²) in [6.45, 7) is 0. The van der Waals surface area contributed by atoms with Crippen LogP contribution in [0.4, 0.5) is 5.69 Å². The average molecular weight is 428 g/mol. The molecule has 0 spiro atoms. The molecule has 2 aromatic carbocycles. The molecule has 2 aromatic rings. The first kappa shape index (κ1) is 21.2. The molecular weight excluding hydrogens is 408 g/mol. The predicted octanol–water partition coefficient (Wildman–Crippen LogP) is 2.36. The molecule has 1 fully saturated rings. The minimum Gasteiger partial charge on any atom is -0.504 e. The van der Waals surface area contributed by atoms with Gasteiger partial charge in [0, 0.05) is 12.1 Å². The van der Waals surface area contributed by atoms with Gasteiger partial charge < -0.3 is 25.2 Å². The summed E-state index contributed by atoms with van der Waals surface area (Å²) >= 11 is 1.14. The Morgan fingerprint density at radius 1 is 1.23 bits per heavy atom. The van der Waals surface area contributed by atoms with Crippen LogP contribution in [0.5, 0.6) is 17.2 Å². The molecule has 1 saturated heterocycles. The Balaban J connectivity index is 1.55. The van der Waals surface area contributed by atoms with Crippen molar-refractivity contribution in [2.24, 2.45) is 10.2 Å². The number of nitrogens with one attached hydrogen (secondary N) is 2. The largest absolute Gasteiger partial charge is 0.504 e. The quantitative estimate of drug-likeness (QED) is 0.460. The monoisotopic (exact) mass is 428 g/mol. The van der Waals surface area contributed by atoms with E-state index in [9.17, 15) is 14.7 Å². The van der Waals surface area contributed by atoms with Gasteiger partial charge in [0.05, 0.1) is 20.4 Å². The fraction of sp³-hybridized carbons (Fsp3) is 0.200. The van der Waals surface area contributed by atoms with E-state index in [2.05, 4.69) is 20.8 Å². The van der Waals surface area contributed by atoms with Crippen LogP contribution in [0, 0.1) is 0 Å². The van der Waals surface area contributed by atoms with E-state index in [-0.39, 0.29) is 24.0 Å². The fourth-order valence-corrected chi connectivity index (χ4v) is 3.49. The Morgan fingerprint density at radius 2 is 2.00 bits per heavy atom. The summed E-state index contributed by atoms with van der Waals surface area (Å²) in [5.41, 5.74) is 1.28. The molecule has 30 heavy (non-hydrogen) atoms. The van der Waals surface area contributed by atoms with Gasteiger partial charge in [-0.15, -0.1) is 5.10 Å². The molecule has 156 valence electrons. The number of amides is 2. The molecule has 3 N–H and O–H groups in total. The maximum Gasteiger partial charge on any atom is 0.240 e. The zero-order chi connectivity index (χ0) is 21.5. The number of carbonyl (C=O) groups excluding carboxylic acids is 2. The van der Waals surface area contributed by atoms with E-state index in [0.717, 1.165) is 11.8 Å². The summed E-state index contributed by atoms with van der Waals surface area (Å²) in [4.78, 5) is 24.3. The second-order valence-electron chi connectivity index (χ2n) is 6.16. The summed E-state index contributed by atoms with van der Waals surface area (Å²) in [6.07, 6.45) is 1.46. The Bertz CT molecular complexity index is 991. The number of methoxy groups -OCH3 is 2. The van der Waals surface area contributed by atoms with E-state index in [1.807, 2.05) is 0 Å². The Morgan fingerprint density at radius 3 is 2.70 bits per heavy atom. The molecule has 2 amide bonds. The van der Waals surface area contributed by atoms with E-state index in [4.69, 9.17) is 9.47 Å². The minimum atomic E-state index is -0.592. The van der Waals surface area contributed by atoms with Gasteiger partial charge in [0.1, 0.15) is 11.0 Å². The van der Waals surface area contributed by atoms with Crippen LogP contribution in [0.1, 0.15) is 12.0 Å². The number of ether oxygens (including phenoxy) is 2. The molecular formula is C20H20N4O5S. The average Bonchev–Trinajstić information content (AvgIpc) is 3.08. The number of phenols is 1. The molecule has 0 saturated carbocycles. The number of nitrogens with zero attached hydrogens (tertiary/aromatic N) is 2. The molecule has 3 rings (SSSR count). The van der Waals surface area contributed by atoms with Crippen LogP contribution in [0.25, 0.3) is 0 Å². The van der Waals surface area contributed by atoms with Crippen molar-refractivity contribution in [3.05, 3.63) is 48.0 Å². The normalized spacial score (nSPS) is 17.2. The van der Waals surface area contributed by atoms with Crippen molar-refractivity contribution < 1.29 is 24.2 Å². The topological polar surface area (TPSA) is 122 Å². The number of rotatable bonds is 7. The second kappa shape index (κ2) is 9.79. The number of carbonyl (C=O) groups is 2. The standard InChI is InChI=1S/C20H20N4O5S/c1-28-14-6-4-13(5-7-14)22-18(26)10-17-19(27)23-20(30-17)24-21-11-12-3-8-15(25)16(9-12)29-2/h3-9,11,17,25H,10H2,1-2H3,(H,22,26)(H,23,24,27)/b21-11-/t17-/m1/s1. The van der Waals surface area contributed by atoms with Crippen LogP contribution in [-0.4, -0.2) is 47.8 Å². The molecule has 1 aliphatic heterocycles. The van der Waals surface area contributed by atoms with Crippen LogP contribution in [0.15, 0.2) is 52.7 Å². The number of benzene rings is 2. The van der Waals surface area contributed by atoms with Gasteiger partial charge in [-0.2, -0.15) is 5.10 Å². The van der Waals surface area contributed by atoms with E-state index in [0.29, 0.717) is 27.9 Å². The first-order valence-corrected chi connectivity index (χ1v) is 9.76. The van der Waals surface area contributed by atoms with Crippen molar-refractivity contribution >= 4 is 40.6 Å². The number of hydrogen-bond acceptors (Lipinski definition) is 8. The van der Waals surface area contributed by atoms with Crippen molar-refractivity contribution in [3.8, 4) is 17.2 Å². The zero-order valence-corrected chi connectivity index (χ0v) is 17.1. The number of phenolic OH excluding ortho intramolecular Hbond substituents is 1. The van der Waals surface area contributed by atoms with Crippen LogP contribution >= 0.6 is 11.8 Å². The minimum absolute atomic E-state index is 0.000421. The van der Waals surface area contributed by atoms with Gasteiger partial charge >= 0.3 is 0 Å². The molecule has 0 aromatic heterocycles. The lowest BCUT2D eigenvalue weighted by molar-refractivity contribution is -0.122. The lowest BCUT2D eigenvalue weighted by Gasteiger charge is -2.08. The van der Waals surface area contributed by atoms with Gasteiger partial charge in [0.2, 0.25) is 11.8 Å². The zero-order valence-electron chi connectivity index (χ0n) is 16.3. The predicted molar refractivity (Wildman–Crippen MR) is 115 cm³/mol. The summed E-state index contributed by atoms with van der Waals surface area (Å²) in [6, 6.07) is 11.6. The van der Waals surface area contributed by atoms with Gasteiger partial charge in [-0.05, 0) is 48.0 Å². The maximum atomic E-state index is 12.2. The molecule has 0 bridgehead atoms. The number of thioether (sulfide) groups is 1. The first-order chi connectivity index (χ1) is 14.5. The highest BCUT2D eigenvalue weighted by Gasteiger charge is 2.32. The Labute approximate surface area is 177 Å². The van der Waals surface area contributed by atoms with Crippen LogP contribution in [0.2, 0.25) is 0 Å². The smallest absolute Gasteiger partial charge is 0.240 e. The summed E-state index contributed by atoms with van der Waals surface area (Å²) in [5.74, 6) is 0.443. The molecule has 0 aliphatic carbocycles. The van der Waals surface area contributed by atoms with E-state index in [1.165, 1.54) is 19.4 Å². The third kappa shape index (κ3) is 5.51. The van der Waals surface area contributed by atoms with Crippen molar-refractivity contribution in [2.75, 3.05) is 19.5 Å². The van der Waals surface area contributed by atoms with Gasteiger partial charge in [0.25, 0.3) is 0 Å². The Kier molecular flexibility index (Phi) is 6.91. The molecule has 10 heteroatoms. The fourth-order valence-electron chi connectivity index (χ4n) is 2.56. The highest BCUT2D eigenvalue weighted by molar-refractivity contribution is 8.15. The van der Waals surface area contributed by atoms with E-state index < -0.39 is 5.25 Å². The third-order valence-electron chi connectivity index (χ3n) is 4.08. The molecule has 0 radical (unpaired) electrons. The molecule has 1 heterocycles. The first-order valence-electron chi connectivity index (χ1n) is 8.88. The van der Waals surface area contributed by atoms with E-state index >= 15 is 0 Å². The molecule has 9 nitrogen and oxygen atoms in total. The number of hydrogen-bond donors (Lipinski definition) is 3. The van der Waals surface area contributed by atoms with Crippen LogP contribution < -0.4 is 20.1 Å². The van der Waals surface area contributed by atoms with Crippen LogP contribution in [0.3, 0.4) is 0 Å². The lowest BCUT2D eigenvalue weighted by atomic mass is 10.2. The number of amidine groups is 1. The second-order valence-corrected chi connectivity index (χ2v) is 7.35. The van der Waals surface area contributed by atoms with Gasteiger partial charge in [-0.25, -0.2) is 0 Å². The maximum absolute atomic E-state index is 12.2. The van der Waals surface area contributed by atoms with Gasteiger partial charge in [-0.3, -0.25) is 9.59 Å². The highest BCUT2D eigenvalue weighted by Crippen LogP contribution is 2.26. The SMILES string of the molecule is COc1ccc(NC(=O)C[C@H]2S/C(=N/N=C\c3ccc(O)c(OC)c3)NC2=O)cc1. The summed E-state index contributed by atoms with van der Waals surface area (Å²) in [7, 11) is 3.01. The molecule has 0 unspecified atom stereocenters. The van der Waals surface area contributed by atoms with Crippen molar-refractivity contribution in [3.63, 3.8) is 0 Å². The highest BCUT2D eigenvalue weighted by atomic mass is 32.2. The molecule has 1 aliphatic rings. The van der Waals surface area contributed by atoms with Crippen molar-refractivity contribution in [2.45, 2.75) is 11.7 Å². The number of aromatic hydroxyl groups is 1. The van der Waals surface area contributed by atoms with E-state index in [1.54, 1.807) is 43.5 Å². The summed E-state index contributed by atoms with van der Waals surface area (Å²) < 4.78 is 10.1. The lowest BCUT2D eigenvalue weighted by Crippen LogP contribution is -2.28. The molecule has 1 atom stereocenters. The van der Waals surface area contributed by atoms with Crippen molar-refractivity contribution in [1.82, 2.24) is 5.32 Å². The summed E-state index contributed by atoms with van der Waals surface area (Å²) in [5, 5.41) is 22.6. The third-order valence-corrected chi connectivity index (χ3v) is 5.15. The van der Waals surface area contributed by atoms with Crippen LogP contribution in [-0.2, 0) is 9.59 Å². The van der Waals surface area contributed by atoms with Crippen molar-refractivity contribution in [1.29, 1.82) is 0 Å².